The summed E-state index contributed by atoms with van der Waals surface area (Å²) in [6.45, 7) is 7.29. The first-order chi connectivity index (χ1) is 18.6. The third-order valence-corrected chi connectivity index (χ3v) is 8.35. The fourth-order valence-electron chi connectivity index (χ4n) is 6.17. The number of hydrogen-bond donors (Lipinski definition) is 1. The molecule has 2 aliphatic heterocycles. The molecule has 1 N–H and O–H groups in total. The van der Waals surface area contributed by atoms with Gasteiger partial charge in [0.15, 0.2) is 5.82 Å². The lowest BCUT2D eigenvalue weighted by Crippen LogP contribution is -2.41. The Balaban J connectivity index is 1.35. The zero-order valence-corrected chi connectivity index (χ0v) is 22.3. The van der Waals surface area contributed by atoms with Crippen LogP contribution in [0.5, 0.6) is 0 Å². The van der Waals surface area contributed by atoms with E-state index < -0.39 is 0 Å². The van der Waals surface area contributed by atoms with Gasteiger partial charge in [0.1, 0.15) is 6.04 Å². The molecule has 2 saturated heterocycles. The Morgan fingerprint density at radius 1 is 1.05 bits per heavy atom. The number of fused-ring (bicyclic) bond motifs is 1. The summed E-state index contributed by atoms with van der Waals surface area (Å²) in [6.07, 6.45) is 5.40. The average Bonchev–Trinajstić information content (AvgIpc) is 3.62. The van der Waals surface area contributed by atoms with Crippen molar-refractivity contribution in [2.75, 3.05) is 19.7 Å². The Morgan fingerprint density at radius 2 is 1.84 bits per heavy atom. The second-order valence-corrected chi connectivity index (χ2v) is 11.0. The fraction of sp³-hybridized carbons (Fsp3) is 0.467. The number of nitrogens with one attached hydrogen (secondary N) is 1. The fourth-order valence-corrected chi connectivity index (χ4v) is 6.17. The van der Waals surface area contributed by atoms with Gasteiger partial charge in [0.2, 0.25) is 0 Å². The van der Waals surface area contributed by atoms with Gasteiger partial charge in [0, 0.05) is 17.6 Å². The van der Waals surface area contributed by atoms with Crippen molar-refractivity contribution in [2.45, 2.75) is 64.6 Å². The van der Waals surface area contributed by atoms with Crippen LogP contribution in [0.2, 0.25) is 0 Å². The van der Waals surface area contributed by atoms with Gasteiger partial charge < -0.3 is 9.72 Å². The number of ether oxygens (including phenoxy) is 1. The zero-order valence-electron chi connectivity index (χ0n) is 22.3. The number of benzene rings is 2. The number of tetrazole rings is 1. The number of piperidine rings is 1. The molecule has 0 saturated carbocycles. The van der Waals surface area contributed by atoms with Crippen LogP contribution in [0.25, 0.3) is 10.9 Å². The maximum Gasteiger partial charge on any atom is 0.253 e. The second-order valence-electron chi connectivity index (χ2n) is 11.0. The Labute approximate surface area is 223 Å². The molecular weight excluding hydrogens is 476 g/mol. The van der Waals surface area contributed by atoms with Crippen LogP contribution in [-0.4, -0.2) is 55.9 Å². The molecule has 4 heterocycles. The Bertz CT molecular complexity index is 1450. The largest absolute Gasteiger partial charge is 0.376 e. The van der Waals surface area contributed by atoms with E-state index in [9.17, 15) is 4.79 Å². The molecule has 2 aromatic carbocycles. The molecule has 0 amide bonds. The third kappa shape index (κ3) is 5.02. The van der Waals surface area contributed by atoms with Gasteiger partial charge >= 0.3 is 0 Å². The molecular formula is C30H36N6O2. The van der Waals surface area contributed by atoms with E-state index >= 15 is 0 Å². The van der Waals surface area contributed by atoms with Crippen LogP contribution in [0.4, 0.5) is 0 Å². The van der Waals surface area contributed by atoms with Crippen LogP contribution in [0.1, 0.15) is 59.8 Å². The Hall–Kier alpha value is -3.36. The van der Waals surface area contributed by atoms with Gasteiger partial charge in [-0.3, -0.25) is 9.69 Å². The van der Waals surface area contributed by atoms with E-state index in [4.69, 9.17) is 4.74 Å². The van der Waals surface area contributed by atoms with Gasteiger partial charge in [-0.25, -0.2) is 4.68 Å². The van der Waals surface area contributed by atoms with Crippen molar-refractivity contribution in [3.05, 3.63) is 87.0 Å². The highest BCUT2D eigenvalue weighted by Crippen LogP contribution is 2.33. The lowest BCUT2D eigenvalue weighted by Gasteiger charge is -2.37. The van der Waals surface area contributed by atoms with E-state index in [0.29, 0.717) is 18.0 Å². The molecule has 198 valence electrons. The molecule has 0 bridgehead atoms. The van der Waals surface area contributed by atoms with Gasteiger partial charge in [-0.05, 0) is 98.1 Å². The van der Waals surface area contributed by atoms with E-state index in [1.54, 1.807) is 0 Å². The van der Waals surface area contributed by atoms with Crippen molar-refractivity contribution in [2.24, 2.45) is 5.92 Å². The topological polar surface area (TPSA) is 88.9 Å². The summed E-state index contributed by atoms with van der Waals surface area (Å²) in [5.41, 5.74) is 5.13. The number of aryl methyl sites for hydroxylation is 2. The Kier molecular flexibility index (Phi) is 7.08. The van der Waals surface area contributed by atoms with Crippen molar-refractivity contribution in [1.29, 1.82) is 0 Å². The van der Waals surface area contributed by atoms with Gasteiger partial charge in [-0.2, -0.15) is 0 Å². The monoisotopic (exact) mass is 512 g/mol. The van der Waals surface area contributed by atoms with Crippen molar-refractivity contribution < 1.29 is 4.74 Å². The molecule has 4 aromatic rings. The molecule has 2 aromatic heterocycles. The van der Waals surface area contributed by atoms with Crippen molar-refractivity contribution in [1.82, 2.24) is 30.1 Å². The average molecular weight is 513 g/mol. The van der Waals surface area contributed by atoms with Gasteiger partial charge in [-0.1, -0.05) is 42.5 Å². The number of nitrogens with zero attached hydrogens (tertiary/aromatic N) is 5. The Morgan fingerprint density at radius 3 is 2.61 bits per heavy atom. The van der Waals surface area contributed by atoms with Crippen molar-refractivity contribution in [3.63, 3.8) is 0 Å². The molecule has 2 aliphatic rings. The van der Waals surface area contributed by atoms with Gasteiger partial charge in [-0.15, -0.1) is 5.10 Å². The summed E-state index contributed by atoms with van der Waals surface area (Å²) in [6, 6.07) is 16.7. The van der Waals surface area contributed by atoms with Crippen LogP contribution in [0, 0.1) is 19.8 Å². The number of H-pyrrole nitrogens is 1. The van der Waals surface area contributed by atoms with Crippen LogP contribution >= 0.6 is 0 Å². The minimum atomic E-state index is -0.322. The molecule has 2 atom stereocenters. The molecule has 38 heavy (non-hydrogen) atoms. The van der Waals surface area contributed by atoms with Crippen LogP contribution < -0.4 is 5.56 Å². The number of likely N-dealkylation sites (tertiary alicyclic amines) is 1. The summed E-state index contributed by atoms with van der Waals surface area (Å²) in [4.78, 5) is 19.3. The van der Waals surface area contributed by atoms with Crippen molar-refractivity contribution >= 4 is 10.9 Å². The molecule has 6 rings (SSSR count). The lowest BCUT2D eigenvalue weighted by molar-refractivity contribution is 0.0892. The number of aromatic amines is 1. The molecule has 8 nitrogen and oxygen atoms in total. The predicted molar refractivity (Wildman–Crippen MR) is 147 cm³/mol. The summed E-state index contributed by atoms with van der Waals surface area (Å²) in [7, 11) is 0. The predicted octanol–water partition coefficient (Wildman–Crippen LogP) is 4.35. The minimum absolute atomic E-state index is 0.0747. The van der Waals surface area contributed by atoms with Gasteiger partial charge in [0.25, 0.3) is 5.56 Å². The van der Waals surface area contributed by atoms with E-state index in [1.807, 2.05) is 11.6 Å². The molecule has 2 fully saturated rings. The first-order valence-corrected chi connectivity index (χ1v) is 13.9. The molecule has 0 radical (unpaired) electrons. The summed E-state index contributed by atoms with van der Waals surface area (Å²) in [5, 5.41) is 14.0. The van der Waals surface area contributed by atoms with Crippen LogP contribution in [0.15, 0.2) is 53.3 Å². The minimum Gasteiger partial charge on any atom is -0.376 e. The summed E-state index contributed by atoms with van der Waals surface area (Å²) < 4.78 is 7.76. The summed E-state index contributed by atoms with van der Waals surface area (Å²) in [5.74, 6) is 1.34. The first kappa shape index (κ1) is 24.9. The second kappa shape index (κ2) is 10.8. The van der Waals surface area contributed by atoms with Gasteiger partial charge in [0.05, 0.1) is 18.2 Å². The molecule has 0 spiro atoms. The molecule has 8 heteroatoms. The maximum atomic E-state index is 13.7. The molecule has 0 aliphatic carbocycles. The first-order valence-electron chi connectivity index (χ1n) is 13.9. The van der Waals surface area contributed by atoms with E-state index in [0.717, 1.165) is 79.7 Å². The maximum absolute atomic E-state index is 13.7. The molecule has 2 unspecified atom stereocenters. The number of aromatic nitrogens is 5. The highest BCUT2D eigenvalue weighted by Gasteiger charge is 2.34. The van der Waals surface area contributed by atoms with Crippen LogP contribution in [-0.2, 0) is 17.7 Å². The zero-order chi connectivity index (χ0) is 26.1. The van der Waals surface area contributed by atoms with E-state index in [2.05, 4.69) is 80.9 Å². The highest BCUT2D eigenvalue weighted by atomic mass is 16.5. The SMILES string of the molecule is Cc1ccc(C)c2[nH]c(=O)c(C(c3nnnn3CC3CCCO3)N3CCC(Cc4ccccc4)CC3)cc12. The summed E-state index contributed by atoms with van der Waals surface area (Å²) >= 11 is 0. The normalized spacial score (nSPS) is 19.8. The number of pyridine rings is 1. The number of hydrogen-bond acceptors (Lipinski definition) is 6. The highest BCUT2D eigenvalue weighted by molar-refractivity contribution is 5.85. The van der Waals surface area contributed by atoms with E-state index in [1.165, 1.54) is 5.56 Å². The lowest BCUT2D eigenvalue weighted by atomic mass is 9.88. The van der Waals surface area contributed by atoms with Crippen LogP contribution in [0.3, 0.4) is 0 Å². The third-order valence-electron chi connectivity index (χ3n) is 8.35. The quantitative estimate of drug-likeness (QED) is 0.396. The van der Waals surface area contributed by atoms with Crippen molar-refractivity contribution in [3.8, 4) is 0 Å². The van der Waals surface area contributed by atoms with E-state index in [-0.39, 0.29) is 17.7 Å². The standard InChI is InChI=1S/C30H36N6O2/c1-20-10-11-21(2)27-25(20)18-26(30(37)31-27)28(29-32-33-34-36(29)19-24-9-6-16-38-24)35-14-12-23(13-15-35)17-22-7-4-3-5-8-22/h3-5,7-8,10-11,18,23-24,28H,6,9,12-17,19H2,1-2H3,(H,31,37). The smallest absolute Gasteiger partial charge is 0.253 e. The number of rotatable bonds is 7.